The number of rotatable bonds is 11. The molecule has 0 aliphatic rings. The molecule has 3 aromatic rings. The first-order valence-electron chi connectivity index (χ1n) is 11.0. The number of nitriles is 1. The maximum Gasteiger partial charge on any atom is 0.240 e. The summed E-state index contributed by atoms with van der Waals surface area (Å²) in [6.45, 7) is 2.79. The average Bonchev–Trinajstić information content (AvgIpc) is 2.87. The Labute approximate surface area is 199 Å². The zero-order valence-corrected chi connectivity index (χ0v) is 19.0. The molecule has 3 aromatic carbocycles. The Morgan fingerprint density at radius 1 is 1.06 bits per heavy atom. The highest BCUT2D eigenvalue weighted by Crippen LogP contribution is 2.21. The van der Waals surface area contributed by atoms with E-state index in [1.54, 1.807) is 42.5 Å². The minimum atomic E-state index is -0.738. The fraction of sp³-hybridized carbons (Fsp3) is 0.222. The molecule has 0 aliphatic carbocycles. The molecule has 0 heterocycles. The summed E-state index contributed by atoms with van der Waals surface area (Å²) in [6, 6.07) is 23.9. The molecule has 0 unspecified atom stereocenters. The lowest BCUT2D eigenvalue weighted by Crippen LogP contribution is -2.18. The number of carbonyl (C=O) groups is 1. The van der Waals surface area contributed by atoms with Gasteiger partial charge in [0.15, 0.2) is 0 Å². The molecule has 0 saturated carbocycles. The van der Waals surface area contributed by atoms with Gasteiger partial charge in [0.05, 0.1) is 30.6 Å². The SMILES string of the molecule is CCOc1ccc([C@H](O)CCC(=O)N/N=C\c2ccc(OCc3ccccc3C#N)cc2)cc1. The van der Waals surface area contributed by atoms with Crippen LogP contribution in [0.4, 0.5) is 0 Å². The van der Waals surface area contributed by atoms with E-state index in [0.717, 1.165) is 22.4 Å². The molecule has 7 heteroatoms. The zero-order valence-electron chi connectivity index (χ0n) is 19.0. The van der Waals surface area contributed by atoms with Gasteiger partial charge in [0, 0.05) is 12.0 Å². The minimum absolute atomic E-state index is 0.142. The molecular weight excluding hydrogens is 430 g/mol. The number of amides is 1. The highest BCUT2D eigenvalue weighted by Gasteiger charge is 2.10. The Morgan fingerprint density at radius 2 is 1.74 bits per heavy atom. The van der Waals surface area contributed by atoms with Crippen molar-refractivity contribution in [2.45, 2.75) is 32.5 Å². The van der Waals surface area contributed by atoms with Crippen molar-refractivity contribution in [3.05, 3.63) is 95.1 Å². The number of benzene rings is 3. The van der Waals surface area contributed by atoms with Crippen molar-refractivity contribution in [3.8, 4) is 17.6 Å². The van der Waals surface area contributed by atoms with Crippen LogP contribution in [-0.4, -0.2) is 23.8 Å². The van der Waals surface area contributed by atoms with E-state index < -0.39 is 6.10 Å². The summed E-state index contributed by atoms with van der Waals surface area (Å²) in [7, 11) is 0. The Kier molecular flexibility index (Phi) is 9.20. The second-order valence-corrected chi connectivity index (χ2v) is 7.48. The number of carbonyl (C=O) groups excluding carboxylic acids is 1. The summed E-state index contributed by atoms with van der Waals surface area (Å²) in [4.78, 5) is 12.0. The first kappa shape index (κ1) is 24.5. The highest BCUT2D eigenvalue weighted by molar-refractivity contribution is 5.82. The van der Waals surface area contributed by atoms with Crippen LogP contribution in [0.15, 0.2) is 77.9 Å². The lowest BCUT2D eigenvalue weighted by atomic mass is 10.0. The highest BCUT2D eigenvalue weighted by atomic mass is 16.5. The van der Waals surface area contributed by atoms with Crippen LogP contribution in [0.25, 0.3) is 0 Å². The normalized spacial score (nSPS) is 11.6. The van der Waals surface area contributed by atoms with Gasteiger partial charge in [-0.25, -0.2) is 5.43 Å². The zero-order chi connectivity index (χ0) is 24.2. The Morgan fingerprint density at radius 3 is 2.44 bits per heavy atom. The Hall–Kier alpha value is -4.15. The number of nitrogens with one attached hydrogen (secondary N) is 1. The van der Waals surface area contributed by atoms with E-state index in [9.17, 15) is 9.90 Å². The molecule has 7 nitrogen and oxygen atoms in total. The summed E-state index contributed by atoms with van der Waals surface area (Å²) < 4.78 is 11.1. The molecule has 0 aromatic heterocycles. The van der Waals surface area contributed by atoms with Crippen molar-refractivity contribution < 1.29 is 19.4 Å². The largest absolute Gasteiger partial charge is 0.494 e. The second kappa shape index (κ2) is 12.8. The van der Waals surface area contributed by atoms with Crippen LogP contribution in [0, 0.1) is 11.3 Å². The molecule has 0 spiro atoms. The fourth-order valence-electron chi connectivity index (χ4n) is 3.19. The van der Waals surface area contributed by atoms with Crippen molar-refractivity contribution >= 4 is 12.1 Å². The van der Waals surface area contributed by atoms with E-state index in [1.165, 1.54) is 6.21 Å². The molecule has 0 fully saturated rings. The molecular formula is C27H27N3O4. The lowest BCUT2D eigenvalue weighted by molar-refractivity contribution is -0.121. The summed E-state index contributed by atoms with van der Waals surface area (Å²) in [6.07, 6.45) is 1.23. The van der Waals surface area contributed by atoms with E-state index in [2.05, 4.69) is 16.6 Å². The van der Waals surface area contributed by atoms with Gasteiger partial charge in [-0.05, 0) is 66.9 Å². The van der Waals surface area contributed by atoms with Gasteiger partial charge in [-0.1, -0.05) is 30.3 Å². The third kappa shape index (κ3) is 7.47. The van der Waals surface area contributed by atoms with Gasteiger partial charge in [0.1, 0.15) is 18.1 Å². The van der Waals surface area contributed by atoms with Gasteiger partial charge in [-0.15, -0.1) is 0 Å². The number of hydrogen-bond donors (Lipinski definition) is 2. The molecule has 174 valence electrons. The Balaban J connectivity index is 1.41. The first-order chi connectivity index (χ1) is 16.6. The van der Waals surface area contributed by atoms with E-state index in [0.29, 0.717) is 24.5 Å². The molecule has 1 amide bonds. The number of nitrogens with zero attached hydrogens (tertiary/aromatic N) is 2. The number of aliphatic hydroxyl groups is 1. The van der Waals surface area contributed by atoms with Crippen LogP contribution in [0.2, 0.25) is 0 Å². The van der Waals surface area contributed by atoms with Crippen LogP contribution < -0.4 is 14.9 Å². The van der Waals surface area contributed by atoms with Gasteiger partial charge in [-0.2, -0.15) is 10.4 Å². The minimum Gasteiger partial charge on any atom is -0.494 e. The lowest BCUT2D eigenvalue weighted by Gasteiger charge is -2.11. The quantitative estimate of drug-likeness (QED) is 0.326. The summed E-state index contributed by atoms with van der Waals surface area (Å²) in [5.74, 6) is 1.13. The summed E-state index contributed by atoms with van der Waals surface area (Å²) in [5, 5.41) is 23.4. The van der Waals surface area contributed by atoms with Crippen LogP contribution in [-0.2, 0) is 11.4 Å². The first-order valence-corrected chi connectivity index (χ1v) is 11.0. The maximum absolute atomic E-state index is 12.0. The van der Waals surface area contributed by atoms with Crippen molar-refractivity contribution in [2.24, 2.45) is 5.10 Å². The van der Waals surface area contributed by atoms with Crippen molar-refractivity contribution in [1.29, 1.82) is 5.26 Å². The van der Waals surface area contributed by atoms with Crippen LogP contribution in [0.1, 0.15) is 48.1 Å². The molecule has 0 saturated heterocycles. The molecule has 0 radical (unpaired) electrons. The maximum atomic E-state index is 12.0. The summed E-state index contributed by atoms with van der Waals surface area (Å²) >= 11 is 0. The molecule has 3 rings (SSSR count). The molecule has 1 atom stereocenters. The van der Waals surface area contributed by atoms with Crippen molar-refractivity contribution in [2.75, 3.05) is 6.61 Å². The number of hydrogen-bond acceptors (Lipinski definition) is 6. The van der Waals surface area contributed by atoms with Gasteiger partial charge in [-0.3, -0.25) is 4.79 Å². The average molecular weight is 458 g/mol. The van der Waals surface area contributed by atoms with Gasteiger partial charge in [0.2, 0.25) is 5.91 Å². The van der Waals surface area contributed by atoms with E-state index in [-0.39, 0.29) is 18.7 Å². The standard InChI is InChI=1S/C27H27N3O4/c1-2-33-24-13-9-21(10-14-24)26(31)15-16-27(32)30-29-18-20-7-11-25(12-8-20)34-19-23-6-4-3-5-22(23)17-28/h3-14,18,26,31H,2,15-16,19H2,1H3,(H,30,32)/b29-18-/t26-/m1/s1. The Bertz CT molecular complexity index is 1140. The predicted molar refractivity (Wildman–Crippen MR) is 129 cm³/mol. The third-order valence-corrected chi connectivity index (χ3v) is 5.04. The predicted octanol–water partition coefficient (Wildman–Crippen LogP) is 4.50. The molecule has 2 N–H and O–H groups in total. The van der Waals surface area contributed by atoms with Crippen LogP contribution in [0.5, 0.6) is 11.5 Å². The molecule has 34 heavy (non-hydrogen) atoms. The van der Waals surface area contributed by atoms with E-state index >= 15 is 0 Å². The number of aliphatic hydroxyl groups excluding tert-OH is 1. The van der Waals surface area contributed by atoms with Gasteiger partial charge in [0.25, 0.3) is 0 Å². The number of ether oxygens (including phenoxy) is 2. The van der Waals surface area contributed by atoms with Crippen LogP contribution in [0.3, 0.4) is 0 Å². The van der Waals surface area contributed by atoms with Crippen molar-refractivity contribution in [3.63, 3.8) is 0 Å². The monoisotopic (exact) mass is 457 g/mol. The third-order valence-electron chi connectivity index (χ3n) is 5.04. The molecule has 0 bridgehead atoms. The summed E-state index contributed by atoms with van der Waals surface area (Å²) in [5.41, 5.74) is 5.42. The molecule has 0 aliphatic heterocycles. The second-order valence-electron chi connectivity index (χ2n) is 7.48. The van der Waals surface area contributed by atoms with Gasteiger partial charge >= 0.3 is 0 Å². The fourth-order valence-corrected chi connectivity index (χ4v) is 3.19. The van der Waals surface area contributed by atoms with Gasteiger partial charge < -0.3 is 14.6 Å². The van der Waals surface area contributed by atoms with E-state index in [4.69, 9.17) is 14.7 Å². The van der Waals surface area contributed by atoms with Crippen molar-refractivity contribution in [1.82, 2.24) is 5.43 Å². The topological polar surface area (TPSA) is 104 Å². The number of hydrazone groups is 1. The smallest absolute Gasteiger partial charge is 0.240 e. The van der Waals surface area contributed by atoms with Crippen LogP contribution >= 0.6 is 0 Å². The van der Waals surface area contributed by atoms with E-state index in [1.807, 2.05) is 37.3 Å².